The maximum Gasteiger partial charge on any atom is 0.416 e. The van der Waals surface area contributed by atoms with E-state index in [4.69, 9.17) is 21.1 Å². The van der Waals surface area contributed by atoms with Gasteiger partial charge in [0, 0.05) is 25.9 Å². The SMILES string of the molecule is CC(C)(C)OC(=O)N1CCC(Oc2cc(C(F)(F)F)ccc2Cl)CC1. The van der Waals surface area contributed by atoms with E-state index in [1.807, 2.05) is 0 Å². The molecule has 0 N–H and O–H groups in total. The molecular formula is C17H21ClF3NO3. The lowest BCUT2D eigenvalue weighted by molar-refractivity contribution is -0.137. The molecule has 1 heterocycles. The van der Waals surface area contributed by atoms with Crippen LogP contribution in [0.3, 0.4) is 0 Å². The van der Waals surface area contributed by atoms with Crippen LogP contribution < -0.4 is 4.74 Å². The first kappa shape index (κ1) is 19.7. The van der Waals surface area contributed by atoms with Crippen molar-refractivity contribution in [1.29, 1.82) is 0 Å². The molecule has 8 heteroatoms. The van der Waals surface area contributed by atoms with Crippen molar-refractivity contribution in [3.05, 3.63) is 28.8 Å². The van der Waals surface area contributed by atoms with Gasteiger partial charge in [-0.2, -0.15) is 13.2 Å². The maximum atomic E-state index is 12.8. The monoisotopic (exact) mass is 379 g/mol. The fraction of sp³-hybridized carbons (Fsp3) is 0.588. The van der Waals surface area contributed by atoms with E-state index >= 15 is 0 Å². The molecule has 25 heavy (non-hydrogen) atoms. The van der Waals surface area contributed by atoms with Gasteiger partial charge in [0.2, 0.25) is 0 Å². The Hall–Kier alpha value is -1.63. The number of rotatable bonds is 2. The molecule has 1 fully saturated rings. The predicted molar refractivity (Wildman–Crippen MR) is 87.9 cm³/mol. The van der Waals surface area contributed by atoms with Gasteiger partial charge < -0.3 is 14.4 Å². The third kappa shape index (κ3) is 5.70. The van der Waals surface area contributed by atoms with Crippen molar-refractivity contribution in [3.63, 3.8) is 0 Å². The van der Waals surface area contributed by atoms with Gasteiger partial charge in [0.25, 0.3) is 0 Å². The Morgan fingerprint density at radius 2 is 1.80 bits per heavy atom. The highest BCUT2D eigenvalue weighted by Crippen LogP contribution is 2.36. The quantitative estimate of drug-likeness (QED) is 0.714. The average molecular weight is 380 g/mol. The molecule has 1 aromatic carbocycles. The number of nitrogens with zero attached hydrogens (tertiary/aromatic N) is 1. The Labute approximate surface area is 149 Å². The average Bonchev–Trinajstić information content (AvgIpc) is 2.47. The largest absolute Gasteiger partial charge is 0.489 e. The van der Waals surface area contributed by atoms with E-state index < -0.39 is 23.4 Å². The van der Waals surface area contributed by atoms with Gasteiger partial charge in [0.05, 0.1) is 10.6 Å². The molecule has 1 amide bonds. The Balaban J connectivity index is 1.95. The van der Waals surface area contributed by atoms with Gasteiger partial charge >= 0.3 is 12.3 Å². The fourth-order valence-corrected chi connectivity index (χ4v) is 2.59. The van der Waals surface area contributed by atoms with E-state index in [-0.39, 0.29) is 16.9 Å². The van der Waals surface area contributed by atoms with Crippen molar-refractivity contribution in [3.8, 4) is 5.75 Å². The second-order valence-corrected chi connectivity index (χ2v) is 7.33. The van der Waals surface area contributed by atoms with E-state index in [9.17, 15) is 18.0 Å². The molecule has 2 rings (SSSR count). The summed E-state index contributed by atoms with van der Waals surface area (Å²) in [5, 5.41) is 0.127. The summed E-state index contributed by atoms with van der Waals surface area (Å²) in [4.78, 5) is 13.6. The van der Waals surface area contributed by atoms with Crippen LogP contribution in [0.5, 0.6) is 5.75 Å². The molecule has 0 radical (unpaired) electrons. The van der Waals surface area contributed by atoms with Crippen LogP contribution in [0.1, 0.15) is 39.2 Å². The summed E-state index contributed by atoms with van der Waals surface area (Å²) in [6, 6.07) is 3.00. The number of ether oxygens (including phenoxy) is 2. The smallest absolute Gasteiger partial charge is 0.416 e. The summed E-state index contributed by atoms with van der Waals surface area (Å²) in [5.74, 6) is 0.00668. The van der Waals surface area contributed by atoms with Crippen LogP contribution in [-0.4, -0.2) is 35.8 Å². The lowest BCUT2D eigenvalue weighted by Gasteiger charge is -2.33. The van der Waals surface area contributed by atoms with Gasteiger partial charge in [-0.25, -0.2) is 4.79 Å². The molecule has 1 aromatic rings. The molecule has 0 atom stereocenters. The molecule has 0 aliphatic carbocycles. The molecular weight excluding hydrogens is 359 g/mol. The molecule has 0 unspecified atom stereocenters. The Morgan fingerprint density at radius 1 is 1.20 bits per heavy atom. The zero-order valence-electron chi connectivity index (χ0n) is 14.3. The van der Waals surface area contributed by atoms with Crippen molar-refractivity contribution in [2.24, 2.45) is 0 Å². The Morgan fingerprint density at radius 3 is 2.32 bits per heavy atom. The molecule has 0 saturated carbocycles. The summed E-state index contributed by atoms with van der Waals surface area (Å²) < 4.78 is 49.3. The number of alkyl halides is 3. The van der Waals surface area contributed by atoms with E-state index in [0.29, 0.717) is 25.9 Å². The number of amides is 1. The number of hydrogen-bond donors (Lipinski definition) is 0. The minimum Gasteiger partial charge on any atom is -0.489 e. The van der Waals surface area contributed by atoms with Crippen LogP contribution >= 0.6 is 11.6 Å². The lowest BCUT2D eigenvalue weighted by Crippen LogP contribution is -2.44. The predicted octanol–water partition coefficient (Wildman–Crippen LogP) is 5.14. The van der Waals surface area contributed by atoms with Gasteiger partial charge in [-0.05, 0) is 39.0 Å². The minimum atomic E-state index is -4.46. The molecule has 140 valence electrons. The van der Waals surface area contributed by atoms with Gasteiger partial charge in [-0.3, -0.25) is 0 Å². The summed E-state index contributed by atoms with van der Waals surface area (Å²) in [6.45, 7) is 6.19. The van der Waals surface area contributed by atoms with E-state index in [2.05, 4.69) is 0 Å². The van der Waals surface area contributed by atoms with E-state index in [1.54, 1.807) is 25.7 Å². The standard InChI is InChI=1S/C17H21ClF3NO3/c1-16(2,3)25-15(23)22-8-6-12(7-9-22)24-14-10-11(17(19,20)21)4-5-13(14)18/h4-5,10,12H,6-9H2,1-3H3. The molecule has 4 nitrogen and oxygen atoms in total. The number of benzene rings is 1. The van der Waals surface area contributed by atoms with Crippen molar-refractivity contribution in [2.45, 2.75) is 51.5 Å². The van der Waals surface area contributed by atoms with Gasteiger partial charge in [0.15, 0.2) is 0 Å². The second-order valence-electron chi connectivity index (χ2n) is 6.93. The van der Waals surface area contributed by atoms with Gasteiger partial charge in [-0.15, -0.1) is 0 Å². The van der Waals surface area contributed by atoms with Crippen LogP contribution in [-0.2, 0) is 10.9 Å². The maximum absolute atomic E-state index is 12.8. The number of carbonyl (C=O) groups excluding carboxylic acids is 1. The number of likely N-dealkylation sites (tertiary alicyclic amines) is 1. The van der Waals surface area contributed by atoms with Gasteiger partial charge in [-0.1, -0.05) is 11.6 Å². The second kappa shape index (κ2) is 7.32. The number of halogens is 4. The fourth-order valence-electron chi connectivity index (χ4n) is 2.43. The molecule has 0 bridgehead atoms. The zero-order chi connectivity index (χ0) is 18.8. The third-order valence-electron chi connectivity index (χ3n) is 3.65. The van der Waals surface area contributed by atoms with Crippen LogP contribution in [0.25, 0.3) is 0 Å². The lowest BCUT2D eigenvalue weighted by atomic mass is 10.1. The van der Waals surface area contributed by atoms with Crippen LogP contribution in [0, 0.1) is 0 Å². The molecule has 0 aromatic heterocycles. The van der Waals surface area contributed by atoms with Gasteiger partial charge in [0.1, 0.15) is 17.5 Å². The highest BCUT2D eigenvalue weighted by Gasteiger charge is 2.32. The van der Waals surface area contributed by atoms with E-state index in [0.717, 1.165) is 12.1 Å². The van der Waals surface area contributed by atoms with Crippen molar-refractivity contribution in [1.82, 2.24) is 4.90 Å². The Bertz CT molecular complexity index is 621. The highest BCUT2D eigenvalue weighted by atomic mass is 35.5. The number of piperidine rings is 1. The molecule has 1 aliphatic heterocycles. The highest BCUT2D eigenvalue weighted by molar-refractivity contribution is 6.32. The number of hydrogen-bond acceptors (Lipinski definition) is 3. The molecule has 1 aliphatic rings. The topological polar surface area (TPSA) is 38.8 Å². The van der Waals surface area contributed by atoms with Crippen LogP contribution in [0.2, 0.25) is 5.02 Å². The van der Waals surface area contributed by atoms with Crippen molar-refractivity contribution < 1.29 is 27.4 Å². The van der Waals surface area contributed by atoms with Crippen molar-refractivity contribution >= 4 is 17.7 Å². The first-order chi connectivity index (χ1) is 11.5. The summed E-state index contributed by atoms with van der Waals surface area (Å²) >= 11 is 5.94. The first-order valence-corrected chi connectivity index (χ1v) is 8.35. The van der Waals surface area contributed by atoms with Crippen molar-refractivity contribution in [2.75, 3.05) is 13.1 Å². The minimum absolute atomic E-state index is 0.00668. The zero-order valence-corrected chi connectivity index (χ0v) is 15.1. The Kier molecular flexibility index (Phi) is 5.76. The normalized spacial score (nSPS) is 16.7. The van der Waals surface area contributed by atoms with Crippen LogP contribution in [0.15, 0.2) is 18.2 Å². The summed E-state index contributed by atoms with van der Waals surface area (Å²) in [6.07, 6.45) is -4.18. The number of carbonyl (C=O) groups is 1. The third-order valence-corrected chi connectivity index (χ3v) is 3.96. The molecule has 1 saturated heterocycles. The summed E-state index contributed by atoms with van der Waals surface area (Å²) in [7, 11) is 0. The van der Waals surface area contributed by atoms with E-state index in [1.165, 1.54) is 6.07 Å². The molecule has 0 spiro atoms. The van der Waals surface area contributed by atoms with Crippen LogP contribution in [0.4, 0.5) is 18.0 Å². The first-order valence-electron chi connectivity index (χ1n) is 7.97. The summed E-state index contributed by atoms with van der Waals surface area (Å²) in [5.41, 5.74) is -1.38.